The molecule has 0 aliphatic carbocycles. The minimum absolute atomic E-state index is 0.0799. The zero-order chi connectivity index (χ0) is 24.9. The lowest BCUT2D eigenvalue weighted by Gasteiger charge is -2.11. The molecule has 0 N–H and O–H groups in total. The summed E-state index contributed by atoms with van der Waals surface area (Å²) in [6.45, 7) is 5.28. The van der Waals surface area contributed by atoms with Gasteiger partial charge >= 0.3 is 6.18 Å². The van der Waals surface area contributed by atoms with E-state index in [4.69, 9.17) is 0 Å². The van der Waals surface area contributed by atoms with Gasteiger partial charge in [0.25, 0.3) is 0 Å². The average Bonchev–Trinajstić information content (AvgIpc) is 3.33. The number of aryl methyl sites for hydroxylation is 3. The summed E-state index contributed by atoms with van der Waals surface area (Å²) in [4.78, 5) is 9.88. The molecule has 11 heteroatoms. The molecule has 0 saturated heterocycles. The number of halogens is 3. The van der Waals surface area contributed by atoms with Crippen LogP contribution in [0, 0.1) is 32.1 Å². The van der Waals surface area contributed by atoms with Crippen molar-refractivity contribution in [1.82, 2.24) is 19.6 Å². The molecule has 5 aromatic rings. The minimum atomic E-state index is -4.67. The predicted molar refractivity (Wildman–Crippen MR) is 126 cm³/mol. The molecule has 4 aromatic heterocycles. The van der Waals surface area contributed by atoms with Crippen LogP contribution in [0.15, 0.2) is 52.7 Å². The Balaban J connectivity index is 1.74. The first-order valence-electron chi connectivity index (χ1n) is 10.4. The Bertz CT molecular complexity index is 1680. The van der Waals surface area contributed by atoms with Crippen molar-refractivity contribution in [2.24, 2.45) is 10.2 Å². The molecule has 0 aliphatic heterocycles. The standard InChI is InChI=1S/C24H16F3N7S/c1-12-9-13(2)29-23-19(12)21(17(11-28)35-23)32-31-20-14(3)33-34-18(24(25,26)27)10-16(30-22(20)34)15-7-5-4-6-8-15/h4-10H,1-3H3. The third-order valence-corrected chi connectivity index (χ3v) is 6.38. The maximum absolute atomic E-state index is 13.9. The molecule has 1 aromatic carbocycles. The number of rotatable bonds is 3. The first-order chi connectivity index (χ1) is 16.7. The maximum atomic E-state index is 13.9. The monoisotopic (exact) mass is 491 g/mol. The quantitative estimate of drug-likeness (QED) is 0.249. The third-order valence-electron chi connectivity index (χ3n) is 5.41. The lowest BCUT2D eigenvalue weighted by Crippen LogP contribution is -2.13. The Morgan fingerprint density at radius 2 is 1.71 bits per heavy atom. The van der Waals surface area contributed by atoms with Gasteiger partial charge < -0.3 is 0 Å². The SMILES string of the molecule is Cc1cc(C)c2c(N=Nc3c(C)nn4c(C(F)(F)F)cc(-c5ccccc5)nc34)c(C#N)sc2n1. The van der Waals surface area contributed by atoms with Crippen molar-refractivity contribution < 1.29 is 13.2 Å². The van der Waals surface area contributed by atoms with Crippen molar-refractivity contribution in [1.29, 1.82) is 5.26 Å². The van der Waals surface area contributed by atoms with E-state index in [1.54, 1.807) is 37.3 Å². The van der Waals surface area contributed by atoms with E-state index in [2.05, 4.69) is 31.4 Å². The van der Waals surface area contributed by atoms with Gasteiger partial charge in [-0.3, -0.25) is 0 Å². The van der Waals surface area contributed by atoms with Gasteiger partial charge in [-0.1, -0.05) is 30.3 Å². The molecule has 5 rings (SSSR count). The van der Waals surface area contributed by atoms with E-state index in [1.807, 2.05) is 19.9 Å². The summed E-state index contributed by atoms with van der Waals surface area (Å²) in [5.74, 6) is 0. The summed E-state index contributed by atoms with van der Waals surface area (Å²) in [7, 11) is 0. The molecule has 0 bridgehead atoms. The van der Waals surface area contributed by atoms with Gasteiger partial charge in [-0.15, -0.1) is 21.6 Å². The molecule has 0 fully saturated rings. The van der Waals surface area contributed by atoms with Gasteiger partial charge in [-0.25, -0.2) is 14.5 Å². The third kappa shape index (κ3) is 3.91. The minimum Gasteiger partial charge on any atom is -0.242 e. The molecule has 0 spiro atoms. The van der Waals surface area contributed by atoms with Gasteiger partial charge in [0, 0.05) is 16.6 Å². The summed E-state index contributed by atoms with van der Waals surface area (Å²) >= 11 is 1.19. The lowest BCUT2D eigenvalue weighted by molar-refractivity contribution is -0.142. The lowest BCUT2D eigenvalue weighted by atomic mass is 10.1. The van der Waals surface area contributed by atoms with E-state index in [-0.39, 0.29) is 22.7 Å². The molecule has 174 valence electrons. The molecule has 0 radical (unpaired) electrons. The number of azo groups is 1. The van der Waals surface area contributed by atoms with Crippen molar-refractivity contribution >= 4 is 38.6 Å². The van der Waals surface area contributed by atoms with E-state index in [0.717, 1.165) is 21.8 Å². The van der Waals surface area contributed by atoms with Crippen LogP contribution >= 0.6 is 11.3 Å². The summed E-state index contributed by atoms with van der Waals surface area (Å²) < 4.78 is 42.5. The second kappa shape index (κ2) is 8.25. The van der Waals surface area contributed by atoms with E-state index in [1.165, 1.54) is 11.3 Å². The van der Waals surface area contributed by atoms with Crippen LogP contribution in [0.1, 0.15) is 27.5 Å². The molecule has 0 unspecified atom stereocenters. The number of aromatic nitrogens is 4. The van der Waals surface area contributed by atoms with Crippen molar-refractivity contribution in [2.75, 3.05) is 0 Å². The maximum Gasteiger partial charge on any atom is 0.433 e. The van der Waals surface area contributed by atoms with Crippen LogP contribution in [0.2, 0.25) is 0 Å². The number of thiophene rings is 1. The number of benzene rings is 1. The van der Waals surface area contributed by atoms with Gasteiger partial charge in [0.1, 0.15) is 21.5 Å². The van der Waals surface area contributed by atoms with Crippen molar-refractivity contribution in [2.45, 2.75) is 26.9 Å². The summed E-state index contributed by atoms with van der Waals surface area (Å²) in [6, 6.07) is 13.5. The van der Waals surface area contributed by atoms with Crippen LogP contribution in [0.25, 0.3) is 27.1 Å². The normalized spacial score (nSPS) is 12.1. The van der Waals surface area contributed by atoms with Crippen LogP contribution < -0.4 is 0 Å². The average molecular weight is 492 g/mol. The number of hydrogen-bond acceptors (Lipinski definition) is 7. The molecule has 0 aliphatic rings. The van der Waals surface area contributed by atoms with Crippen LogP contribution in [0.3, 0.4) is 0 Å². The fourth-order valence-electron chi connectivity index (χ4n) is 3.88. The van der Waals surface area contributed by atoms with Crippen molar-refractivity contribution in [3.05, 3.63) is 70.0 Å². The fourth-order valence-corrected chi connectivity index (χ4v) is 4.91. The molecule has 0 amide bonds. The molecular weight excluding hydrogens is 475 g/mol. The number of alkyl halides is 3. The number of nitrogens with zero attached hydrogens (tertiary/aromatic N) is 7. The van der Waals surface area contributed by atoms with Crippen LogP contribution in [-0.4, -0.2) is 19.6 Å². The fraction of sp³-hybridized carbons (Fsp3) is 0.167. The highest BCUT2D eigenvalue weighted by Gasteiger charge is 2.36. The van der Waals surface area contributed by atoms with Crippen molar-refractivity contribution in [3.63, 3.8) is 0 Å². The van der Waals surface area contributed by atoms with Crippen molar-refractivity contribution in [3.8, 4) is 17.3 Å². The van der Waals surface area contributed by atoms with Gasteiger partial charge in [0.05, 0.1) is 11.4 Å². The topological polar surface area (TPSA) is 91.6 Å². The van der Waals surface area contributed by atoms with E-state index >= 15 is 0 Å². The highest BCUT2D eigenvalue weighted by atomic mass is 32.1. The number of hydrogen-bond donors (Lipinski definition) is 0. The molecule has 0 atom stereocenters. The van der Waals surface area contributed by atoms with Gasteiger partial charge in [0.15, 0.2) is 17.0 Å². The highest BCUT2D eigenvalue weighted by Crippen LogP contribution is 2.41. The first kappa shape index (κ1) is 22.6. The molecule has 0 saturated carbocycles. The summed E-state index contributed by atoms with van der Waals surface area (Å²) in [6.07, 6.45) is -4.67. The zero-order valence-corrected chi connectivity index (χ0v) is 19.5. The molecule has 4 heterocycles. The molecule has 7 nitrogen and oxygen atoms in total. The molecule has 35 heavy (non-hydrogen) atoms. The Morgan fingerprint density at radius 3 is 2.40 bits per heavy atom. The Kier molecular flexibility index (Phi) is 5.33. The Hall–Kier alpha value is -4.17. The highest BCUT2D eigenvalue weighted by molar-refractivity contribution is 7.19. The predicted octanol–water partition coefficient (Wildman–Crippen LogP) is 7.24. The van der Waals surface area contributed by atoms with E-state index in [9.17, 15) is 18.4 Å². The van der Waals surface area contributed by atoms with Crippen LogP contribution in [0.5, 0.6) is 0 Å². The van der Waals surface area contributed by atoms with Gasteiger partial charge in [-0.2, -0.15) is 23.5 Å². The number of fused-ring (bicyclic) bond motifs is 2. The van der Waals surface area contributed by atoms with Crippen LogP contribution in [0.4, 0.5) is 24.5 Å². The molecular formula is C24H16F3N7S. The number of nitriles is 1. The zero-order valence-electron chi connectivity index (χ0n) is 18.7. The first-order valence-corrected chi connectivity index (χ1v) is 11.2. The summed E-state index contributed by atoms with van der Waals surface area (Å²) in [5, 5.41) is 22.9. The second-order valence-electron chi connectivity index (χ2n) is 7.91. The Morgan fingerprint density at radius 1 is 1.00 bits per heavy atom. The Labute approximate surface area is 201 Å². The largest absolute Gasteiger partial charge is 0.433 e. The van der Waals surface area contributed by atoms with E-state index in [0.29, 0.717) is 26.3 Å². The van der Waals surface area contributed by atoms with E-state index < -0.39 is 11.9 Å². The summed E-state index contributed by atoms with van der Waals surface area (Å²) in [5.41, 5.74) is 1.93. The second-order valence-corrected chi connectivity index (χ2v) is 8.91. The van der Waals surface area contributed by atoms with Gasteiger partial charge in [-0.05, 0) is 38.5 Å². The smallest absolute Gasteiger partial charge is 0.242 e. The van der Waals surface area contributed by atoms with Gasteiger partial charge in [0.2, 0.25) is 0 Å². The number of pyridine rings is 1. The van der Waals surface area contributed by atoms with Crippen LogP contribution in [-0.2, 0) is 6.18 Å².